The van der Waals surface area contributed by atoms with Gasteiger partial charge < -0.3 is 10.2 Å². The number of rotatable bonds is 9. The average Bonchev–Trinajstić information content (AvgIpc) is 2.24. The number of hydrogen-bond donors (Lipinski definition) is 1. The Kier molecular flexibility index (Phi) is 9.18. The Morgan fingerprint density at radius 3 is 2.33 bits per heavy atom. The van der Waals surface area contributed by atoms with E-state index < -0.39 is 0 Å². The van der Waals surface area contributed by atoms with Crippen LogP contribution in [0, 0.1) is 0 Å². The predicted molar refractivity (Wildman–Crippen MR) is 64.8 cm³/mol. The monoisotopic (exact) mass is 212 g/mol. The third-order valence-corrected chi connectivity index (χ3v) is 2.22. The zero-order chi connectivity index (χ0) is 11.5. The molecule has 3 heteroatoms. The zero-order valence-electron chi connectivity index (χ0n) is 10.1. The Bertz CT molecular complexity index is 174. The van der Waals surface area contributed by atoms with Gasteiger partial charge in [0.05, 0.1) is 0 Å². The first kappa shape index (κ1) is 14.2. The number of carbonyl (C=O) groups excluding carboxylic acids is 1. The second-order valence-corrected chi connectivity index (χ2v) is 3.69. The SMILES string of the molecule is C=CC(=O)NCCCN(CCC)CCC. The van der Waals surface area contributed by atoms with Gasteiger partial charge in [0.25, 0.3) is 0 Å². The van der Waals surface area contributed by atoms with Gasteiger partial charge in [0.2, 0.25) is 5.91 Å². The molecule has 0 rings (SSSR count). The van der Waals surface area contributed by atoms with E-state index in [1.807, 2.05) is 0 Å². The van der Waals surface area contributed by atoms with Crippen molar-refractivity contribution in [3.05, 3.63) is 12.7 Å². The molecule has 0 fully saturated rings. The van der Waals surface area contributed by atoms with Crippen molar-refractivity contribution in [2.75, 3.05) is 26.2 Å². The van der Waals surface area contributed by atoms with Crippen LogP contribution in [-0.4, -0.2) is 37.0 Å². The van der Waals surface area contributed by atoms with Crippen molar-refractivity contribution in [2.24, 2.45) is 0 Å². The average molecular weight is 212 g/mol. The van der Waals surface area contributed by atoms with Crippen LogP contribution in [0.5, 0.6) is 0 Å². The molecular formula is C12H24N2O. The minimum absolute atomic E-state index is 0.0764. The van der Waals surface area contributed by atoms with Crippen molar-refractivity contribution in [3.63, 3.8) is 0 Å². The summed E-state index contributed by atoms with van der Waals surface area (Å²) in [6, 6.07) is 0. The molecule has 0 aromatic carbocycles. The highest BCUT2D eigenvalue weighted by molar-refractivity contribution is 5.86. The lowest BCUT2D eigenvalue weighted by atomic mass is 10.3. The van der Waals surface area contributed by atoms with Gasteiger partial charge in [-0.15, -0.1) is 0 Å². The molecule has 0 aromatic heterocycles. The van der Waals surface area contributed by atoms with Crippen LogP contribution in [0.1, 0.15) is 33.1 Å². The maximum atomic E-state index is 10.9. The molecule has 0 saturated carbocycles. The van der Waals surface area contributed by atoms with Crippen molar-refractivity contribution in [1.29, 1.82) is 0 Å². The highest BCUT2D eigenvalue weighted by Crippen LogP contribution is 1.95. The van der Waals surface area contributed by atoms with Gasteiger partial charge in [-0.05, 0) is 45.0 Å². The molecule has 0 radical (unpaired) electrons. The van der Waals surface area contributed by atoms with Gasteiger partial charge in [0.1, 0.15) is 0 Å². The molecule has 0 unspecified atom stereocenters. The molecule has 3 nitrogen and oxygen atoms in total. The Morgan fingerprint density at radius 2 is 1.87 bits per heavy atom. The van der Waals surface area contributed by atoms with Gasteiger partial charge in [-0.25, -0.2) is 0 Å². The summed E-state index contributed by atoms with van der Waals surface area (Å²) >= 11 is 0. The molecule has 1 amide bonds. The van der Waals surface area contributed by atoms with Crippen LogP contribution in [0.25, 0.3) is 0 Å². The number of nitrogens with zero attached hydrogens (tertiary/aromatic N) is 1. The lowest BCUT2D eigenvalue weighted by molar-refractivity contribution is -0.116. The van der Waals surface area contributed by atoms with E-state index in [2.05, 4.69) is 30.6 Å². The maximum absolute atomic E-state index is 10.9. The van der Waals surface area contributed by atoms with Crippen LogP contribution in [0.15, 0.2) is 12.7 Å². The first-order chi connectivity index (χ1) is 7.24. The smallest absolute Gasteiger partial charge is 0.243 e. The molecule has 0 saturated heterocycles. The van der Waals surface area contributed by atoms with E-state index in [9.17, 15) is 4.79 Å². The minimum atomic E-state index is -0.0764. The second-order valence-electron chi connectivity index (χ2n) is 3.69. The van der Waals surface area contributed by atoms with Crippen LogP contribution < -0.4 is 5.32 Å². The highest BCUT2D eigenvalue weighted by atomic mass is 16.1. The summed E-state index contributed by atoms with van der Waals surface area (Å²) in [4.78, 5) is 13.3. The topological polar surface area (TPSA) is 32.3 Å². The fraction of sp³-hybridized carbons (Fsp3) is 0.750. The Labute approximate surface area is 93.5 Å². The third kappa shape index (κ3) is 8.18. The number of nitrogens with one attached hydrogen (secondary N) is 1. The molecular weight excluding hydrogens is 188 g/mol. The molecule has 0 aliphatic heterocycles. The first-order valence-electron chi connectivity index (χ1n) is 5.87. The van der Waals surface area contributed by atoms with Crippen molar-refractivity contribution in [1.82, 2.24) is 10.2 Å². The van der Waals surface area contributed by atoms with Crippen LogP contribution in [0.4, 0.5) is 0 Å². The summed E-state index contributed by atoms with van der Waals surface area (Å²) in [5, 5.41) is 2.79. The number of amides is 1. The van der Waals surface area contributed by atoms with E-state index in [0.717, 1.165) is 32.6 Å². The summed E-state index contributed by atoms with van der Waals surface area (Å²) in [5.41, 5.74) is 0. The normalized spacial score (nSPS) is 10.3. The van der Waals surface area contributed by atoms with Crippen LogP contribution in [-0.2, 0) is 4.79 Å². The van der Waals surface area contributed by atoms with Crippen molar-refractivity contribution >= 4 is 5.91 Å². The van der Waals surface area contributed by atoms with Gasteiger partial charge >= 0.3 is 0 Å². The van der Waals surface area contributed by atoms with Crippen molar-refractivity contribution in [2.45, 2.75) is 33.1 Å². The Balaban J connectivity index is 3.52. The summed E-state index contributed by atoms with van der Waals surface area (Å²) in [6.45, 7) is 11.9. The molecule has 0 bridgehead atoms. The third-order valence-electron chi connectivity index (χ3n) is 2.22. The summed E-state index contributed by atoms with van der Waals surface area (Å²) in [6.07, 6.45) is 4.72. The molecule has 0 aliphatic rings. The molecule has 1 N–H and O–H groups in total. The fourth-order valence-electron chi connectivity index (χ4n) is 1.55. The fourth-order valence-corrected chi connectivity index (χ4v) is 1.55. The molecule has 0 heterocycles. The summed E-state index contributed by atoms with van der Waals surface area (Å²) in [5.74, 6) is -0.0764. The minimum Gasteiger partial charge on any atom is -0.353 e. The lowest BCUT2D eigenvalue weighted by Gasteiger charge is -2.20. The number of hydrogen-bond acceptors (Lipinski definition) is 2. The van der Waals surface area contributed by atoms with Crippen LogP contribution >= 0.6 is 0 Å². The molecule has 0 aromatic rings. The van der Waals surface area contributed by atoms with Gasteiger partial charge in [0, 0.05) is 6.54 Å². The van der Waals surface area contributed by atoms with Gasteiger partial charge in [0.15, 0.2) is 0 Å². The van der Waals surface area contributed by atoms with E-state index in [1.54, 1.807) is 0 Å². The van der Waals surface area contributed by atoms with Gasteiger partial charge in [-0.3, -0.25) is 4.79 Å². The van der Waals surface area contributed by atoms with Gasteiger partial charge in [-0.1, -0.05) is 20.4 Å². The first-order valence-corrected chi connectivity index (χ1v) is 5.87. The van der Waals surface area contributed by atoms with E-state index in [-0.39, 0.29) is 5.91 Å². The van der Waals surface area contributed by atoms with Crippen molar-refractivity contribution < 1.29 is 4.79 Å². The van der Waals surface area contributed by atoms with E-state index >= 15 is 0 Å². The lowest BCUT2D eigenvalue weighted by Crippen LogP contribution is -2.30. The molecule has 88 valence electrons. The Hall–Kier alpha value is -0.830. The Morgan fingerprint density at radius 1 is 1.27 bits per heavy atom. The quantitative estimate of drug-likeness (QED) is 0.467. The van der Waals surface area contributed by atoms with Crippen molar-refractivity contribution in [3.8, 4) is 0 Å². The molecule has 0 atom stereocenters. The molecule has 0 spiro atoms. The summed E-state index contributed by atoms with van der Waals surface area (Å²) in [7, 11) is 0. The molecule has 0 aliphatic carbocycles. The van der Waals surface area contributed by atoms with Crippen LogP contribution in [0.3, 0.4) is 0 Å². The van der Waals surface area contributed by atoms with Gasteiger partial charge in [-0.2, -0.15) is 0 Å². The van der Waals surface area contributed by atoms with E-state index in [1.165, 1.54) is 18.9 Å². The summed E-state index contributed by atoms with van der Waals surface area (Å²) < 4.78 is 0. The van der Waals surface area contributed by atoms with E-state index in [4.69, 9.17) is 0 Å². The molecule has 15 heavy (non-hydrogen) atoms. The largest absolute Gasteiger partial charge is 0.353 e. The predicted octanol–water partition coefficient (Wildman–Crippen LogP) is 1.80. The maximum Gasteiger partial charge on any atom is 0.243 e. The van der Waals surface area contributed by atoms with E-state index in [0.29, 0.717) is 0 Å². The number of carbonyl (C=O) groups is 1. The highest BCUT2D eigenvalue weighted by Gasteiger charge is 2.01. The zero-order valence-corrected chi connectivity index (χ0v) is 10.1. The van der Waals surface area contributed by atoms with Crippen LogP contribution in [0.2, 0.25) is 0 Å². The standard InChI is InChI=1S/C12H24N2O/c1-4-9-14(10-5-2)11-7-8-13-12(15)6-3/h6H,3-5,7-11H2,1-2H3,(H,13,15). The second kappa shape index (κ2) is 9.71.